The molecular weight excluding hydrogens is 484 g/mol. The van der Waals surface area contributed by atoms with E-state index in [1.165, 1.54) is 39.2 Å². The van der Waals surface area contributed by atoms with E-state index in [1.54, 1.807) is 6.07 Å². The second kappa shape index (κ2) is 15.2. The van der Waals surface area contributed by atoms with Gasteiger partial charge in [-0.15, -0.1) is 0 Å². The van der Waals surface area contributed by atoms with Gasteiger partial charge in [0.05, 0.1) is 26.9 Å². The molecule has 1 aromatic rings. The number of methoxy groups -OCH3 is 1. The molecule has 3 unspecified atom stereocenters. The topological polar surface area (TPSA) is 101 Å². The van der Waals surface area contributed by atoms with Gasteiger partial charge in [0, 0.05) is 30.7 Å². The van der Waals surface area contributed by atoms with Crippen LogP contribution in [0.2, 0.25) is 5.02 Å². The quantitative estimate of drug-likeness (QED) is 0.381. The third-order valence-electron chi connectivity index (χ3n) is 6.87. The van der Waals surface area contributed by atoms with Crippen LogP contribution >= 0.6 is 11.6 Å². The predicted octanol–water partition coefficient (Wildman–Crippen LogP) is 3.72. The fraction of sp³-hybridized carbons (Fsp3) is 0.692. The molecule has 0 spiro atoms. The zero-order chi connectivity index (χ0) is 25.8. The molecule has 1 aliphatic carbocycles. The van der Waals surface area contributed by atoms with Crippen molar-refractivity contribution in [1.29, 1.82) is 0 Å². The van der Waals surface area contributed by atoms with Crippen molar-refractivity contribution < 1.29 is 23.8 Å². The maximum absolute atomic E-state index is 13.3. The number of halogens is 1. The Labute approximate surface area is 219 Å². The smallest absolute Gasteiger partial charge is 0.406 e. The van der Waals surface area contributed by atoms with Gasteiger partial charge in [-0.3, -0.25) is 0 Å². The number of ether oxygens (including phenoxy) is 3. The molecule has 2 aliphatic rings. The van der Waals surface area contributed by atoms with Crippen molar-refractivity contribution >= 4 is 23.7 Å². The van der Waals surface area contributed by atoms with Gasteiger partial charge in [-0.1, -0.05) is 55.8 Å². The summed E-state index contributed by atoms with van der Waals surface area (Å²) in [5.41, 5.74) is 0.859. The molecule has 1 aromatic carbocycles. The number of hydrogen-bond acceptors (Lipinski definition) is 6. The molecule has 9 nitrogen and oxygen atoms in total. The standard InChI is InChI=1S/C26H41ClN4O5/c1-28-17-22(15-19-7-4-3-5-8-19)30-25(32)31-12-14-35-23(18-31)24(20-9-6-10-21(27)16-20)36-13-11-29-26(33)34-2/h6,9-10,16,19,22-24,28H,3-5,7-8,11-15,17-18H2,1-2H3,(H,29,33)(H,30,32). The summed E-state index contributed by atoms with van der Waals surface area (Å²) in [4.78, 5) is 26.4. The number of morpholine rings is 1. The molecule has 0 bridgehead atoms. The van der Waals surface area contributed by atoms with Gasteiger partial charge in [0.2, 0.25) is 0 Å². The third-order valence-corrected chi connectivity index (χ3v) is 7.11. The van der Waals surface area contributed by atoms with Crippen LogP contribution < -0.4 is 16.0 Å². The van der Waals surface area contributed by atoms with E-state index < -0.39 is 12.2 Å². The van der Waals surface area contributed by atoms with Gasteiger partial charge in [-0.05, 0) is 37.1 Å². The second-order valence-corrected chi connectivity index (χ2v) is 10.0. The Morgan fingerprint density at radius 2 is 2.06 bits per heavy atom. The van der Waals surface area contributed by atoms with E-state index in [-0.39, 0.29) is 31.3 Å². The van der Waals surface area contributed by atoms with Gasteiger partial charge in [0.1, 0.15) is 12.2 Å². The molecule has 202 valence electrons. The van der Waals surface area contributed by atoms with Crippen molar-refractivity contribution in [2.75, 3.05) is 53.6 Å². The van der Waals surface area contributed by atoms with Crippen molar-refractivity contribution in [2.24, 2.45) is 5.92 Å². The maximum atomic E-state index is 13.3. The summed E-state index contributed by atoms with van der Waals surface area (Å²) in [7, 11) is 3.24. The molecule has 0 radical (unpaired) electrons. The number of nitrogens with zero attached hydrogens (tertiary/aromatic N) is 1. The Hall–Kier alpha value is -2.07. The van der Waals surface area contributed by atoms with Crippen LogP contribution in [-0.2, 0) is 14.2 Å². The number of benzene rings is 1. The fourth-order valence-electron chi connectivity index (χ4n) is 5.09. The zero-order valence-corrected chi connectivity index (χ0v) is 22.2. The maximum Gasteiger partial charge on any atom is 0.406 e. The molecule has 1 heterocycles. The fourth-order valence-corrected chi connectivity index (χ4v) is 5.29. The average molecular weight is 525 g/mol. The summed E-state index contributed by atoms with van der Waals surface area (Å²) in [5.74, 6) is 0.675. The Balaban J connectivity index is 1.62. The number of alkyl carbamates (subject to hydrolysis) is 1. The van der Waals surface area contributed by atoms with E-state index in [9.17, 15) is 9.59 Å². The molecule has 0 aromatic heterocycles. The highest BCUT2D eigenvalue weighted by atomic mass is 35.5. The highest BCUT2D eigenvalue weighted by molar-refractivity contribution is 6.30. The van der Waals surface area contributed by atoms with Crippen LogP contribution in [0.1, 0.15) is 50.2 Å². The summed E-state index contributed by atoms with van der Waals surface area (Å²) in [6.07, 6.45) is 6.06. The van der Waals surface area contributed by atoms with Gasteiger partial charge in [0.15, 0.2) is 0 Å². The first kappa shape index (κ1) is 28.5. The lowest BCUT2D eigenvalue weighted by molar-refractivity contribution is -0.105. The van der Waals surface area contributed by atoms with Gasteiger partial charge < -0.3 is 35.1 Å². The number of hydrogen-bond donors (Lipinski definition) is 3. The van der Waals surface area contributed by atoms with Crippen LogP contribution in [0, 0.1) is 5.92 Å². The normalized spacial score (nSPS) is 20.4. The molecule has 10 heteroatoms. The van der Waals surface area contributed by atoms with E-state index in [0.717, 1.165) is 18.5 Å². The number of carbonyl (C=O) groups excluding carboxylic acids is 2. The van der Waals surface area contributed by atoms with Crippen LogP contribution in [0.15, 0.2) is 24.3 Å². The molecule has 1 aliphatic heterocycles. The molecule has 1 saturated heterocycles. The Kier molecular flexibility index (Phi) is 12.1. The summed E-state index contributed by atoms with van der Waals surface area (Å²) < 4.78 is 16.8. The first-order valence-corrected chi connectivity index (χ1v) is 13.4. The number of nitrogens with one attached hydrogen (secondary N) is 3. The average Bonchev–Trinajstić information content (AvgIpc) is 2.89. The van der Waals surface area contributed by atoms with E-state index in [2.05, 4.69) is 20.7 Å². The minimum absolute atomic E-state index is 0.0726. The molecule has 3 rings (SSSR count). The number of urea groups is 1. The van der Waals surface area contributed by atoms with Crippen LogP contribution in [0.5, 0.6) is 0 Å². The second-order valence-electron chi connectivity index (χ2n) is 9.56. The monoisotopic (exact) mass is 524 g/mol. The van der Waals surface area contributed by atoms with E-state index in [4.69, 9.17) is 21.1 Å². The molecular formula is C26H41ClN4O5. The first-order chi connectivity index (χ1) is 17.5. The number of likely N-dealkylation sites (N-methyl/N-ethyl adjacent to an activating group) is 1. The van der Waals surface area contributed by atoms with E-state index >= 15 is 0 Å². The number of amides is 3. The Bertz CT molecular complexity index is 823. The number of rotatable bonds is 11. The minimum Gasteiger partial charge on any atom is -0.453 e. The van der Waals surface area contributed by atoms with Crippen molar-refractivity contribution in [3.8, 4) is 0 Å². The Morgan fingerprint density at radius 3 is 2.78 bits per heavy atom. The van der Waals surface area contributed by atoms with Crippen molar-refractivity contribution in [3.05, 3.63) is 34.9 Å². The summed E-state index contributed by atoms with van der Waals surface area (Å²) in [5, 5.41) is 9.70. The summed E-state index contributed by atoms with van der Waals surface area (Å²) >= 11 is 6.25. The predicted molar refractivity (Wildman–Crippen MR) is 139 cm³/mol. The molecule has 3 atom stereocenters. The lowest BCUT2D eigenvalue weighted by Gasteiger charge is -2.38. The number of carbonyl (C=O) groups is 2. The molecule has 3 N–H and O–H groups in total. The van der Waals surface area contributed by atoms with Crippen LogP contribution in [-0.4, -0.2) is 82.7 Å². The molecule has 36 heavy (non-hydrogen) atoms. The van der Waals surface area contributed by atoms with Gasteiger partial charge in [-0.25, -0.2) is 9.59 Å². The largest absolute Gasteiger partial charge is 0.453 e. The van der Waals surface area contributed by atoms with Crippen molar-refractivity contribution in [2.45, 2.75) is 56.8 Å². The zero-order valence-electron chi connectivity index (χ0n) is 21.5. The third kappa shape index (κ3) is 9.10. The SMILES string of the molecule is CNCC(CC1CCCCC1)NC(=O)N1CCOC(C(OCCNC(=O)OC)c2cccc(Cl)c2)C1. The van der Waals surface area contributed by atoms with E-state index in [0.29, 0.717) is 30.6 Å². The highest BCUT2D eigenvalue weighted by Crippen LogP contribution is 2.29. The van der Waals surface area contributed by atoms with Crippen molar-refractivity contribution in [3.63, 3.8) is 0 Å². The Morgan fingerprint density at radius 1 is 1.25 bits per heavy atom. The van der Waals surface area contributed by atoms with Gasteiger partial charge in [-0.2, -0.15) is 0 Å². The lowest BCUT2D eigenvalue weighted by atomic mass is 9.85. The molecule has 2 fully saturated rings. The van der Waals surface area contributed by atoms with E-state index in [1.807, 2.05) is 30.1 Å². The molecule has 3 amide bonds. The summed E-state index contributed by atoms with van der Waals surface area (Å²) in [6.45, 7) is 2.61. The van der Waals surface area contributed by atoms with Crippen LogP contribution in [0.25, 0.3) is 0 Å². The van der Waals surface area contributed by atoms with Gasteiger partial charge in [0.25, 0.3) is 0 Å². The van der Waals surface area contributed by atoms with Gasteiger partial charge >= 0.3 is 12.1 Å². The van der Waals surface area contributed by atoms with Crippen LogP contribution in [0.3, 0.4) is 0 Å². The minimum atomic E-state index is -0.515. The lowest BCUT2D eigenvalue weighted by Crippen LogP contribution is -2.54. The highest BCUT2D eigenvalue weighted by Gasteiger charge is 2.33. The first-order valence-electron chi connectivity index (χ1n) is 13.0. The molecule has 1 saturated carbocycles. The van der Waals surface area contributed by atoms with Crippen molar-refractivity contribution in [1.82, 2.24) is 20.9 Å². The van der Waals surface area contributed by atoms with Crippen LogP contribution in [0.4, 0.5) is 9.59 Å². The summed E-state index contributed by atoms with van der Waals surface area (Å²) in [6, 6.07) is 7.46.